The maximum atomic E-state index is 6.66. The lowest BCUT2D eigenvalue weighted by atomic mass is 10.1. The van der Waals surface area contributed by atoms with Crippen molar-refractivity contribution in [2.75, 3.05) is 32.8 Å². The molecule has 0 radical (unpaired) electrons. The molecule has 2 heterocycles. The Morgan fingerprint density at radius 2 is 1.79 bits per heavy atom. The van der Waals surface area contributed by atoms with Gasteiger partial charge in [-0.05, 0) is 24.1 Å². The van der Waals surface area contributed by atoms with Crippen molar-refractivity contribution < 1.29 is 4.74 Å². The van der Waals surface area contributed by atoms with Gasteiger partial charge in [0.1, 0.15) is 0 Å². The third-order valence-electron chi connectivity index (χ3n) is 5.41. The molecule has 1 aromatic heterocycles. The molecule has 0 aliphatic carbocycles. The Labute approximate surface area is 171 Å². The second kappa shape index (κ2) is 9.01. The van der Waals surface area contributed by atoms with Crippen LogP contribution in [0, 0.1) is 6.92 Å². The van der Waals surface area contributed by atoms with Crippen LogP contribution >= 0.6 is 11.6 Å². The fourth-order valence-electron chi connectivity index (χ4n) is 3.77. The van der Waals surface area contributed by atoms with Gasteiger partial charge in [0.2, 0.25) is 0 Å². The Kier molecular flexibility index (Phi) is 6.23. The first-order chi connectivity index (χ1) is 13.7. The summed E-state index contributed by atoms with van der Waals surface area (Å²) in [7, 11) is 0. The number of para-hydroxylation sites is 1. The summed E-state index contributed by atoms with van der Waals surface area (Å²) in [6, 6.07) is 19.0. The van der Waals surface area contributed by atoms with Crippen molar-refractivity contribution in [3.8, 4) is 0 Å². The second-order valence-electron chi connectivity index (χ2n) is 7.27. The minimum atomic E-state index is 0.212. The molecule has 5 heteroatoms. The molecule has 1 atom stereocenters. The topological polar surface area (TPSA) is 37.4 Å². The molecule has 1 N–H and O–H groups in total. The Morgan fingerprint density at radius 3 is 2.57 bits per heavy atom. The predicted molar refractivity (Wildman–Crippen MR) is 115 cm³/mol. The van der Waals surface area contributed by atoms with Gasteiger partial charge in [-0.15, -0.1) is 0 Å². The van der Waals surface area contributed by atoms with E-state index in [0.717, 1.165) is 60.0 Å². The Morgan fingerprint density at radius 1 is 1.07 bits per heavy atom. The van der Waals surface area contributed by atoms with Crippen molar-refractivity contribution in [3.63, 3.8) is 0 Å². The molecule has 146 valence electrons. The Balaban J connectivity index is 1.55. The standard InChI is InChI=1S/C23H26ClN3O/c1-17-19-9-5-6-10-20(19)26-21(23(17)24)15-25-22(18-7-3-2-4-8-18)16-27-11-13-28-14-12-27/h2-10,22,25H,11-16H2,1H3. The maximum Gasteiger partial charge on any atom is 0.0738 e. The van der Waals surface area contributed by atoms with Gasteiger partial charge < -0.3 is 10.1 Å². The van der Waals surface area contributed by atoms with Crippen LogP contribution in [0.2, 0.25) is 5.02 Å². The van der Waals surface area contributed by atoms with E-state index in [9.17, 15) is 0 Å². The molecule has 1 fully saturated rings. The summed E-state index contributed by atoms with van der Waals surface area (Å²) in [6.07, 6.45) is 0. The molecule has 0 bridgehead atoms. The number of pyridine rings is 1. The normalized spacial score (nSPS) is 16.4. The lowest BCUT2D eigenvalue weighted by molar-refractivity contribution is 0.0333. The number of halogens is 1. The van der Waals surface area contributed by atoms with E-state index in [4.69, 9.17) is 21.3 Å². The molecule has 0 spiro atoms. The number of rotatable bonds is 6. The van der Waals surface area contributed by atoms with E-state index in [1.165, 1.54) is 5.56 Å². The van der Waals surface area contributed by atoms with Gasteiger partial charge in [0.25, 0.3) is 0 Å². The first-order valence-electron chi connectivity index (χ1n) is 9.84. The first kappa shape index (κ1) is 19.3. The average molecular weight is 396 g/mol. The van der Waals surface area contributed by atoms with E-state index in [-0.39, 0.29) is 6.04 Å². The van der Waals surface area contributed by atoms with Crippen LogP contribution < -0.4 is 5.32 Å². The van der Waals surface area contributed by atoms with Crippen LogP contribution in [-0.2, 0) is 11.3 Å². The molecule has 4 rings (SSSR count). The summed E-state index contributed by atoms with van der Waals surface area (Å²) in [5.74, 6) is 0. The number of hydrogen-bond acceptors (Lipinski definition) is 4. The highest BCUT2D eigenvalue weighted by molar-refractivity contribution is 6.32. The van der Waals surface area contributed by atoms with Gasteiger partial charge in [-0.1, -0.05) is 60.1 Å². The first-order valence-corrected chi connectivity index (χ1v) is 10.2. The van der Waals surface area contributed by atoms with Crippen LogP contribution in [-0.4, -0.2) is 42.7 Å². The molecule has 3 aromatic rings. The minimum Gasteiger partial charge on any atom is -0.379 e. The van der Waals surface area contributed by atoms with Crippen molar-refractivity contribution in [3.05, 3.63) is 76.4 Å². The zero-order valence-corrected chi connectivity index (χ0v) is 17.0. The van der Waals surface area contributed by atoms with Gasteiger partial charge in [0.05, 0.1) is 29.4 Å². The number of morpholine rings is 1. The zero-order chi connectivity index (χ0) is 19.3. The molecule has 1 aliphatic rings. The molecular formula is C23H26ClN3O. The number of aromatic nitrogens is 1. The molecule has 1 aliphatic heterocycles. The van der Waals surface area contributed by atoms with Crippen LogP contribution in [0.4, 0.5) is 0 Å². The quantitative estimate of drug-likeness (QED) is 0.672. The van der Waals surface area contributed by atoms with Gasteiger partial charge in [0, 0.05) is 37.6 Å². The largest absolute Gasteiger partial charge is 0.379 e. The van der Waals surface area contributed by atoms with Crippen LogP contribution in [0.25, 0.3) is 10.9 Å². The minimum absolute atomic E-state index is 0.212. The van der Waals surface area contributed by atoms with E-state index >= 15 is 0 Å². The van der Waals surface area contributed by atoms with E-state index < -0.39 is 0 Å². The summed E-state index contributed by atoms with van der Waals surface area (Å²) in [5.41, 5.74) is 4.27. The lowest BCUT2D eigenvalue weighted by Crippen LogP contribution is -2.41. The maximum absolute atomic E-state index is 6.66. The van der Waals surface area contributed by atoms with Crippen molar-refractivity contribution in [1.82, 2.24) is 15.2 Å². The highest BCUT2D eigenvalue weighted by Crippen LogP contribution is 2.27. The van der Waals surface area contributed by atoms with Gasteiger partial charge >= 0.3 is 0 Å². The van der Waals surface area contributed by atoms with Gasteiger partial charge in [-0.2, -0.15) is 0 Å². The second-order valence-corrected chi connectivity index (χ2v) is 7.65. The predicted octanol–water partition coefficient (Wildman–Crippen LogP) is 4.36. The molecule has 0 amide bonds. The van der Waals surface area contributed by atoms with Crippen molar-refractivity contribution >= 4 is 22.5 Å². The van der Waals surface area contributed by atoms with Crippen molar-refractivity contribution in [1.29, 1.82) is 0 Å². The third kappa shape index (κ3) is 4.36. The molecule has 1 unspecified atom stereocenters. The number of aryl methyl sites for hydroxylation is 1. The lowest BCUT2D eigenvalue weighted by Gasteiger charge is -2.31. The highest BCUT2D eigenvalue weighted by atomic mass is 35.5. The Hall–Kier alpha value is -1.98. The van der Waals surface area contributed by atoms with Crippen LogP contribution in [0.3, 0.4) is 0 Å². The number of hydrogen-bond donors (Lipinski definition) is 1. The third-order valence-corrected chi connectivity index (χ3v) is 5.91. The Bertz CT molecular complexity index is 926. The van der Waals surface area contributed by atoms with Crippen LogP contribution in [0.1, 0.15) is 22.9 Å². The van der Waals surface area contributed by atoms with Gasteiger partial charge in [-0.25, -0.2) is 4.98 Å². The summed E-state index contributed by atoms with van der Waals surface area (Å²) in [4.78, 5) is 7.27. The molecule has 1 saturated heterocycles. The van der Waals surface area contributed by atoms with E-state index in [1.807, 2.05) is 18.2 Å². The molecule has 2 aromatic carbocycles. The van der Waals surface area contributed by atoms with E-state index in [0.29, 0.717) is 6.54 Å². The van der Waals surface area contributed by atoms with Gasteiger partial charge in [0.15, 0.2) is 0 Å². The number of ether oxygens (including phenoxy) is 1. The van der Waals surface area contributed by atoms with Crippen molar-refractivity contribution in [2.45, 2.75) is 19.5 Å². The summed E-state index contributed by atoms with van der Waals surface area (Å²) in [6.45, 7) is 7.19. The molecule has 28 heavy (non-hydrogen) atoms. The van der Waals surface area contributed by atoms with E-state index in [1.54, 1.807) is 0 Å². The van der Waals surface area contributed by atoms with Gasteiger partial charge in [-0.3, -0.25) is 4.90 Å². The molecule has 4 nitrogen and oxygen atoms in total. The molecule has 0 saturated carbocycles. The van der Waals surface area contributed by atoms with E-state index in [2.05, 4.69) is 53.5 Å². The number of nitrogens with zero attached hydrogens (tertiary/aromatic N) is 2. The number of fused-ring (bicyclic) bond motifs is 1. The highest BCUT2D eigenvalue weighted by Gasteiger charge is 2.19. The number of benzene rings is 2. The summed E-state index contributed by atoms with van der Waals surface area (Å²) in [5, 5.41) is 5.57. The van der Waals surface area contributed by atoms with Crippen LogP contribution in [0.15, 0.2) is 54.6 Å². The monoisotopic (exact) mass is 395 g/mol. The summed E-state index contributed by atoms with van der Waals surface area (Å²) < 4.78 is 5.50. The van der Waals surface area contributed by atoms with Crippen LogP contribution in [0.5, 0.6) is 0 Å². The number of nitrogens with one attached hydrogen (secondary N) is 1. The van der Waals surface area contributed by atoms with Crippen molar-refractivity contribution in [2.24, 2.45) is 0 Å². The average Bonchev–Trinajstić information content (AvgIpc) is 2.75. The smallest absolute Gasteiger partial charge is 0.0738 e. The zero-order valence-electron chi connectivity index (χ0n) is 16.2. The fourth-order valence-corrected chi connectivity index (χ4v) is 3.98. The molecular weight excluding hydrogens is 370 g/mol. The SMILES string of the molecule is Cc1c(Cl)c(CNC(CN2CCOCC2)c2ccccc2)nc2ccccc12. The fraction of sp³-hybridized carbons (Fsp3) is 0.348. The summed E-state index contributed by atoms with van der Waals surface area (Å²) >= 11 is 6.66.